The molecule has 100 valence electrons. The highest BCUT2D eigenvalue weighted by Gasteiger charge is 2.12. The summed E-state index contributed by atoms with van der Waals surface area (Å²) in [6.45, 7) is 8.17. The van der Waals surface area contributed by atoms with Crippen molar-refractivity contribution in [3.05, 3.63) is 33.7 Å². The Morgan fingerprint density at radius 1 is 1.67 bits per heavy atom. The van der Waals surface area contributed by atoms with E-state index in [1.165, 1.54) is 4.68 Å². The number of anilines is 1. The Bertz CT molecular complexity index is 471. The van der Waals surface area contributed by atoms with Gasteiger partial charge in [0.2, 0.25) is 0 Å². The Morgan fingerprint density at radius 3 is 2.89 bits per heavy atom. The van der Waals surface area contributed by atoms with Crippen molar-refractivity contribution in [3.63, 3.8) is 0 Å². The summed E-state index contributed by atoms with van der Waals surface area (Å²) in [6.07, 6.45) is 2.70. The lowest BCUT2D eigenvalue weighted by molar-refractivity contribution is 0.138. The summed E-state index contributed by atoms with van der Waals surface area (Å²) in [7, 11) is 0. The first kappa shape index (κ1) is 14.9. The predicted molar refractivity (Wildman–Crippen MR) is 75.7 cm³/mol. The Morgan fingerprint density at radius 2 is 2.33 bits per heavy atom. The largest absolute Gasteiger partial charge is 0.391 e. The summed E-state index contributed by atoms with van der Waals surface area (Å²) < 4.78 is 1.72. The Hall–Kier alpha value is -1.14. The van der Waals surface area contributed by atoms with Crippen LogP contribution in [0.3, 0.4) is 0 Å². The van der Waals surface area contributed by atoms with Gasteiger partial charge in [0.1, 0.15) is 4.47 Å². The van der Waals surface area contributed by atoms with Gasteiger partial charge >= 0.3 is 0 Å². The van der Waals surface area contributed by atoms with Gasteiger partial charge in [0, 0.05) is 6.54 Å². The molecular formula is C12H18BrN3O2. The average molecular weight is 316 g/mol. The molecule has 1 aromatic heterocycles. The van der Waals surface area contributed by atoms with Gasteiger partial charge in [-0.05, 0) is 21.8 Å². The van der Waals surface area contributed by atoms with Gasteiger partial charge in [0.25, 0.3) is 5.56 Å². The van der Waals surface area contributed by atoms with Crippen LogP contribution in [0.1, 0.15) is 13.8 Å². The summed E-state index contributed by atoms with van der Waals surface area (Å²) >= 11 is 3.24. The third-order valence-corrected chi connectivity index (χ3v) is 3.32. The molecule has 0 aliphatic carbocycles. The molecule has 0 fully saturated rings. The summed E-state index contributed by atoms with van der Waals surface area (Å²) in [4.78, 5) is 11.9. The van der Waals surface area contributed by atoms with Gasteiger partial charge in [-0.25, -0.2) is 4.68 Å². The van der Waals surface area contributed by atoms with Crippen LogP contribution in [-0.4, -0.2) is 27.5 Å². The van der Waals surface area contributed by atoms with E-state index >= 15 is 0 Å². The van der Waals surface area contributed by atoms with Crippen LogP contribution in [0.25, 0.3) is 0 Å². The minimum Gasteiger partial charge on any atom is -0.391 e. The molecule has 0 saturated carbocycles. The minimum atomic E-state index is -0.465. The molecule has 0 radical (unpaired) electrons. The first-order valence-corrected chi connectivity index (χ1v) is 6.55. The molecule has 1 unspecified atom stereocenters. The van der Waals surface area contributed by atoms with Gasteiger partial charge in [0.15, 0.2) is 0 Å². The lowest BCUT2D eigenvalue weighted by atomic mass is 10.1. The van der Waals surface area contributed by atoms with Crippen molar-refractivity contribution in [3.8, 4) is 0 Å². The molecule has 18 heavy (non-hydrogen) atoms. The molecule has 1 atom stereocenters. The van der Waals surface area contributed by atoms with Crippen molar-refractivity contribution in [2.45, 2.75) is 26.5 Å². The van der Waals surface area contributed by atoms with E-state index in [1.54, 1.807) is 12.3 Å². The summed E-state index contributed by atoms with van der Waals surface area (Å²) in [5, 5.41) is 16.7. The third-order valence-electron chi connectivity index (χ3n) is 2.56. The van der Waals surface area contributed by atoms with E-state index in [-0.39, 0.29) is 11.5 Å². The van der Waals surface area contributed by atoms with Gasteiger partial charge in [-0.3, -0.25) is 4.79 Å². The molecule has 0 spiro atoms. The van der Waals surface area contributed by atoms with E-state index in [0.717, 1.165) is 0 Å². The van der Waals surface area contributed by atoms with Crippen molar-refractivity contribution in [2.24, 2.45) is 5.92 Å². The van der Waals surface area contributed by atoms with Gasteiger partial charge in [-0.2, -0.15) is 5.10 Å². The third kappa shape index (κ3) is 3.68. The lowest BCUT2D eigenvalue weighted by Gasteiger charge is -2.16. The predicted octanol–water partition coefficient (Wildman–Crippen LogP) is 1.62. The molecule has 0 amide bonds. The highest BCUT2D eigenvalue weighted by Crippen LogP contribution is 2.16. The Labute approximate surface area is 115 Å². The molecule has 6 heteroatoms. The number of rotatable bonds is 6. The van der Waals surface area contributed by atoms with Crippen LogP contribution in [0.5, 0.6) is 0 Å². The number of halogens is 1. The standard InChI is InChI=1S/C12H18BrN3O2/c1-4-5-16-12(18)11(13)9(6-15-16)14-7-10(17)8(2)3/h4,6,8,10,14,17H,1,5,7H2,2-3H3. The first-order chi connectivity index (χ1) is 8.47. The van der Waals surface area contributed by atoms with Crippen molar-refractivity contribution < 1.29 is 5.11 Å². The quantitative estimate of drug-likeness (QED) is 0.783. The monoisotopic (exact) mass is 315 g/mol. The van der Waals surface area contributed by atoms with Crippen molar-refractivity contribution >= 4 is 21.6 Å². The second-order valence-electron chi connectivity index (χ2n) is 4.34. The second kappa shape index (κ2) is 6.70. The highest BCUT2D eigenvalue weighted by molar-refractivity contribution is 9.10. The molecule has 0 aromatic carbocycles. The summed E-state index contributed by atoms with van der Waals surface area (Å²) in [5.41, 5.74) is 0.360. The first-order valence-electron chi connectivity index (χ1n) is 5.75. The van der Waals surface area contributed by atoms with E-state index in [9.17, 15) is 9.90 Å². The lowest BCUT2D eigenvalue weighted by Crippen LogP contribution is -2.28. The van der Waals surface area contributed by atoms with E-state index in [4.69, 9.17) is 0 Å². The van der Waals surface area contributed by atoms with Crippen LogP contribution >= 0.6 is 15.9 Å². The fraction of sp³-hybridized carbons (Fsp3) is 0.500. The van der Waals surface area contributed by atoms with Gasteiger partial charge in [-0.15, -0.1) is 6.58 Å². The molecular weight excluding hydrogens is 298 g/mol. The van der Waals surface area contributed by atoms with E-state index in [1.807, 2.05) is 13.8 Å². The number of aliphatic hydroxyl groups is 1. The summed E-state index contributed by atoms with van der Waals surface area (Å²) in [6, 6.07) is 0. The SMILES string of the molecule is C=CCn1ncc(NCC(O)C(C)C)c(Br)c1=O. The van der Waals surface area contributed by atoms with Gasteiger partial charge < -0.3 is 10.4 Å². The van der Waals surface area contributed by atoms with Crippen molar-refractivity contribution in [2.75, 3.05) is 11.9 Å². The average Bonchev–Trinajstić information content (AvgIpc) is 2.33. The molecule has 2 N–H and O–H groups in total. The number of hydrogen-bond donors (Lipinski definition) is 2. The van der Waals surface area contributed by atoms with Crippen molar-refractivity contribution in [1.82, 2.24) is 9.78 Å². The fourth-order valence-corrected chi connectivity index (χ4v) is 1.74. The van der Waals surface area contributed by atoms with Crippen LogP contribution in [0.15, 0.2) is 28.1 Å². The maximum atomic E-state index is 11.9. The van der Waals surface area contributed by atoms with Crippen LogP contribution < -0.4 is 10.9 Å². The number of nitrogens with zero attached hydrogens (tertiary/aromatic N) is 2. The van der Waals surface area contributed by atoms with Gasteiger partial charge in [-0.1, -0.05) is 19.9 Å². The zero-order valence-electron chi connectivity index (χ0n) is 10.6. The van der Waals surface area contributed by atoms with Crippen LogP contribution in [0.4, 0.5) is 5.69 Å². The van der Waals surface area contributed by atoms with E-state index in [2.05, 4.69) is 32.9 Å². The van der Waals surface area contributed by atoms with Crippen molar-refractivity contribution in [1.29, 1.82) is 0 Å². The number of allylic oxidation sites excluding steroid dienone is 1. The zero-order chi connectivity index (χ0) is 13.7. The molecule has 0 aliphatic rings. The van der Waals surface area contributed by atoms with Crippen LogP contribution in [-0.2, 0) is 6.54 Å². The van der Waals surface area contributed by atoms with E-state index in [0.29, 0.717) is 23.2 Å². The topological polar surface area (TPSA) is 67.2 Å². The molecule has 5 nitrogen and oxygen atoms in total. The van der Waals surface area contributed by atoms with E-state index < -0.39 is 6.10 Å². The molecule has 1 rings (SSSR count). The summed E-state index contributed by atoms with van der Waals surface area (Å²) in [5.74, 6) is 0.158. The Balaban J connectivity index is 2.82. The number of aliphatic hydroxyl groups excluding tert-OH is 1. The maximum absolute atomic E-state index is 11.9. The number of aromatic nitrogens is 2. The van der Waals surface area contributed by atoms with Crippen LogP contribution in [0.2, 0.25) is 0 Å². The molecule has 1 aromatic rings. The molecule has 0 aliphatic heterocycles. The Kier molecular flexibility index (Phi) is 5.55. The number of hydrogen-bond acceptors (Lipinski definition) is 4. The number of nitrogens with one attached hydrogen (secondary N) is 1. The normalized spacial score (nSPS) is 12.5. The van der Waals surface area contributed by atoms with Gasteiger partial charge in [0.05, 0.1) is 24.5 Å². The highest BCUT2D eigenvalue weighted by atomic mass is 79.9. The minimum absolute atomic E-state index is 0.158. The second-order valence-corrected chi connectivity index (χ2v) is 5.13. The zero-order valence-corrected chi connectivity index (χ0v) is 12.1. The molecule has 0 saturated heterocycles. The molecule has 0 bridgehead atoms. The molecule has 1 heterocycles. The smallest absolute Gasteiger partial charge is 0.283 e. The fourth-order valence-electron chi connectivity index (χ4n) is 1.29. The van der Waals surface area contributed by atoms with Crippen LogP contribution in [0, 0.1) is 5.92 Å². The maximum Gasteiger partial charge on any atom is 0.283 e.